The van der Waals surface area contributed by atoms with Crippen molar-refractivity contribution in [1.29, 1.82) is 0 Å². The number of nitrogens with zero attached hydrogens (tertiary/aromatic N) is 2. The van der Waals surface area contributed by atoms with Gasteiger partial charge in [0.15, 0.2) is 5.96 Å². The molecule has 1 aromatic heterocycles. The van der Waals surface area contributed by atoms with Crippen LogP contribution in [0.1, 0.15) is 32.4 Å². The minimum atomic E-state index is 0. The summed E-state index contributed by atoms with van der Waals surface area (Å²) in [5.41, 5.74) is 1.09. The van der Waals surface area contributed by atoms with Crippen LogP contribution in [0.2, 0.25) is 0 Å². The number of aliphatic imine (C=N–C) groups is 1. The fraction of sp³-hybridized carbons (Fsp3) is 0.625. The van der Waals surface area contributed by atoms with Crippen LogP contribution in [0.15, 0.2) is 29.4 Å². The van der Waals surface area contributed by atoms with E-state index in [-0.39, 0.29) is 24.0 Å². The van der Waals surface area contributed by atoms with E-state index in [2.05, 4.69) is 27.5 Å². The molecule has 6 heteroatoms. The number of halogens is 1. The molecule has 5 nitrogen and oxygen atoms in total. The van der Waals surface area contributed by atoms with Gasteiger partial charge in [-0.25, -0.2) is 0 Å². The SMILES string of the molecule is CCNC(=NCCCCOCC)NCCc1ccccn1.I. The van der Waals surface area contributed by atoms with Gasteiger partial charge in [0.1, 0.15) is 0 Å². The van der Waals surface area contributed by atoms with E-state index in [9.17, 15) is 0 Å². The number of hydrogen-bond donors (Lipinski definition) is 2. The van der Waals surface area contributed by atoms with Gasteiger partial charge in [-0.1, -0.05) is 6.07 Å². The normalized spacial score (nSPS) is 10.9. The van der Waals surface area contributed by atoms with Crippen molar-refractivity contribution in [2.24, 2.45) is 4.99 Å². The Morgan fingerprint density at radius 1 is 1.23 bits per heavy atom. The molecule has 0 radical (unpaired) electrons. The third kappa shape index (κ3) is 10.8. The highest BCUT2D eigenvalue weighted by Gasteiger charge is 1.98. The summed E-state index contributed by atoms with van der Waals surface area (Å²) in [6.45, 7) is 8.25. The minimum absolute atomic E-state index is 0. The molecular weight excluding hydrogens is 391 g/mol. The number of nitrogens with one attached hydrogen (secondary N) is 2. The molecule has 1 heterocycles. The van der Waals surface area contributed by atoms with Gasteiger partial charge in [-0.05, 0) is 38.8 Å². The van der Waals surface area contributed by atoms with Gasteiger partial charge < -0.3 is 15.4 Å². The number of guanidine groups is 1. The Kier molecular flexibility index (Phi) is 14.4. The first-order chi connectivity index (χ1) is 10.4. The van der Waals surface area contributed by atoms with E-state index in [1.165, 1.54) is 0 Å². The van der Waals surface area contributed by atoms with E-state index in [4.69, 9.17) is 4.74 Å². The van der Waals surface area contributed by atoms with Crippen molar-refractivity contribution in [3.05, 3.63) is 30.1 Å². The summed E-state index contributed by atoms with van der Waals surface area (Å²) >= 11 is 0. The highest BCUT2D eigenvalue weighted by molar-refractivity contribution is 14.0. The molecule has 0 aliphatic rings. The molecule has 0 aromatic carbocycles. The Hall–Kier alpha value is -0.890. The molecule has 0 spiro atoms. The van der Waals surface area contributed by atoms with Gasteiger partial charge in [0.2, 0.25) is 0 Å². The molecule has 1 rings (SSSR count). The summed E-state index contributed by atoms with van der Waals surface area (Å²) in [7, 11) is 0. The minimum Gasteiger partial charge on any atom is -0.382 e. The Morgan fingerprint density at radius 3 is 2.77 bits per heavy atom. The van der Waals surface area contributed by atoms with E-state index in [0.717, 1.165) is 63.8 Å². The van der Waals surface area contributed by atoms with Gasteiger partial charge in [-0.2, -0.15) is 0 Å². The maximum absolute atomic E-state index is 5.32. The Bertz CT molecular complexity index is 387. The van der Waals surface area contributed by atoms with Crippen molar-refractivity contribution >= 4 is 29.9 Å². The first-order valence-corrected chi connectivity index (χ1v) is 7.86. The number of unbranched alkanes of at least 4 members (excludes halogenated alkanes) is 1. The highest BCUT2D eigenvalue weighted by atomic mass is 127. The van der Waals surface area contributed by atoms with Crippen molar-refractivity contribution in [1.82, 2.24) is 15.6 Å². The summed E-state index contributed by atoms with van der Waals surface area (Å²) < 4.78 is 5.32. The zero-order valence-corrected chi connectivity index (χ0v) is 16.0. The van der Waals surface area contributed by atoms with Crippen LogP contribution in [0, 0.1) is 0 Å². The second-order valence-corrected chi connectivity index (χ2v) is 4.66. The van der Waals surface area contributed by atoms with Crippen molar-refractivity contribution in [3.63, 3.8) is 0 Å². The molecule has 22 heavy (non-hydrogen) atoms. The van der Waals surface area contributed by atoms with E-state index in [0.29, 0.717) is 0 Å². The summed E-state index contributed by atoms with van der Waals surface area (Å²) in [5.74, 6) is 0.879. The monoisotopic (exact) mass is 420 g/mol. The Labute approximate surface area is 151 Å². The maximum Gasteiger partial charge on any atom is 0.191 e. The average molecular weight is 420 g/mol. The zero-order valence-electron chi connectivity index (χ0n) is 13.7. The standard InChI is InChI=1S/C16H28N4O.HI/c1-3-17-16(19-12-7-8-14-21-4-2)20-13-10-15-9-5-6-11-18-15;/h5-6,9,11H,3-4,7-8,10,12-14H2,1-2H3,(H2,17,19,20);1H. The van der Waals surface area contributed by atoms with Gasteiger partial charge >= 0.3 is 0 Å². The van der Waals surface area contributed by atoms with Crippen molar-refractivity contribution in [3.8, 4) is 0 Å². The molecule has 0 saturated heterocycles. The lowest BCUT2D eigenvalue weighted by molar-refractivity contribution is 0.144. The fourth-order valence-corrected chi connectivity index (χ4v) is 1.85. The van der Waals surface area contributed by atoms with Crippen LogP contribution in [0.3, 0.4) is 0 Å². The van der Waals surface area contributed by atoms with Crippen molar-refractivity contribution in [2.75, 3.05) is 32.8 Å². The second kappa shape index (κ2) is 15.0. The molecule has 0 fully saturated rings. The van der Waals surface area contributed by atoms with E-state index < -0.39 is 0 Å². The molecule has 0 aliphatic heterocycles. The zero-order chi connectivity index (χ0) is 15.2. The third-order valence-electron chi connectivity index (χ3n) is 2.91. The largest absolute Gasteiger partial charge is 0.382 e. The van der Waals surface area contributed by atoms with Crippen LogP contribution in [-0.4, -0.2) is 43.8 Å². The quantitative estimate of drug-likeness (QED) is 0.265. The number of pyridine rings is 1. The van der Waals surface area contributed by atoms with Crippen LogP contribution in [0.5, 0.6) is 0 Å². The third-order valence-corrected chi connectivity index (χ3v) is 2.91. The molecule has 1 aromatic rings. The van der Waals surface area contributed by atoms with E-state index >= 15 is 0 Å². The molecule has 126 valence electrons. The topological polar surface area (TPSA) is 58.5 Å². The highest BCUT2D eigenvalue weighted by Crippen LogP contribution is 1.94. The van der Waals surface area contributed by atoms with Crippen LogP contribution in [-0.2, 0) is 11.2 Å². The molecule has 2 N–H and O–H groups in total. The van der Waals surface area contributed by atoms with Crippen LogP contribution >= 0.6 is 24.0 Å². The van der Waals surface area contributed by atoms with Gasteiger partial charge in [0.05, 0.1) is 0 Å². The average Bonchev–Trinajstić information content (AvgIpc) is 2.51. The Balaban J connectivity index is 0.00000441. The number of rotatable bonds is 10. The van der Waals surface area contributed by atoms with E-state index in [1.807, 2.05) is 31.3 Å². The first-order valence-electron chi connectivity index (χ1n) is 7.86. The van der Waals surface area contributed by atoms with Crippen molar-refractivity contribution < 1.29 is 4.74 Å². The lowest BCUT2D eigenvalue weighted by Crippen LogP contribution is -2.38. The van der Waals surface area contributed by atoms with E-state index in [1.54, 1.807) is 0 Å². The number of aromatic nitrogens is 1. The van der Waals surface area contributed by atoms with Crippen LogP contribution in [0.25, 0.3) is 0 Å². The molecule has 0 unspecified atom stereocenters. The molecule has 0 saturated carbocycles. The van der Waals surface area contributed by atoms with Crippen molar-refractivity contribution in [2.45, 2.75) is 33.1 Å². The smallest absolute Gasteiger partial charge is 0.191 e. The predicted molar refractivity (Wildman–Crippen MR) is 103 cm³/mol. The molecule has 0 bridgehead atoms. The first kappa shape index (κ1) is 21.1. The molecule has 0 aliphatic carbocycles. The lowest BCUT2D eigenvalue weighted by atomic mass is 10.3. The molecular formula is C16H29IN4O. The maximum atomic E-state index is 5.32. The second-order valence-electron chi connectivity index (χ2n) is 4.66. The number of hydrogen-bond acceptors (Lipinski definition) is 3. The number of ether oxygens (including phenoxy) is 1. The summed E-state index contributed by atoms with van der Waals surface area (Å²) in [6, 6.07) is 5.99. The fourth-order valence-electron chi connectivity index (χ4n) is 1.85. The van der Waals surface area contributed by atoms with Gasteiger partial charge in [-0.3, -0.25) is 9.98 Å². The van der Waals surface area contributed by atoms with Crippen LogP contribution in [0.4, 0.5) is 0 Å². The lowest BCUT2D eigenvalue weighted by Gasteiger charge is -2.11. The predicted octanol–water partition coefficient (Wildman–Crippen LogP) is 2.61. The van der Waals surface area contributed by atoms with Gasteiger partial charge in [-0.15, -0.1) is 24.0 Å². The van der Waals surface area contributed by atoms with Gasteiger partial charge in [0.25, 0.3) is 0 Å². The Morgan fingerprint density at radius 2 is 2.09 bits per heavy atom. The summed E-state index contributed by atoms with van der Waals surface area (Å²) in [5, 5.41) is 6.60. The summed E-state index contributed by atoms with van der Waals surface area (Å²) in [4.78, 5) is 8.87. The van der Waals surface area contributed by atoms with Gasteiger partial charge in [0, 0.05) is 51.2 Å². The van der Waals surface area contributed by atoms with Crippen LogP contribution < -0.4 is 10.6 Å². The molecule has 0 amide bonds. The summed E-state index contributed by atoms with van der Waals surface area (Å²) in [6.07, 6.45) is 4.84. The molecule has 0 atom stereocenters.